The molecular weight excluding hydrogens is 408 g/mol. The van der Waals surface area contributed by atoms with E-state index in [1.165, 1.54) is 56.3 Å². The summed E-state index contributed by atoms with van der Waals surface area (Å²) in [5.41, 5.74) is 2.58. The van der Waals surface area contributed by atoms with Crippen molar-refractivity contribution in [2.75, 3.05) is 0 Å². The number of rotatable bonds is 15. The van der Waals surface area contributed by atoms with E-state index in [0.29, 0.717) is 0 Å². The fraction of sp³-hybridized carbons (Fsp3) is 0.852. The Bertz CT molecular complexity index is 714. The van der Waals surface area contributed by atoms with Crippen molar-refractivity contribution in [1.82, 2.24) is 30.0 Å². The lowest BCUT2D eigenvalue weighted by Crippen LogP contribution is -2.07. The van der Waals surface area contributed by atoms with Crippen molar-refractivity contribution in [3.05, 3.63) is 23.8 Å². The average Bonchev–Trinajstić information content (AvgIpc) is 3.37. The van der Waals surface area contributed by atoms with Crippen LogP contribution in [0, 0.1) is 23.7 Å². The second-order valence-electron chi connectivity index (χ2n) is 11.2. The predicted octanol–water partition coefficient (Wildman–Crippen LogP) is 7.00. The topological polar surface area (TPSA) is 61.4 Å². The Balaban J connectivity index is 0.000000331. The minimum Gasteiger partial charge on any atom is -0.249 e. The summed E-state index contributed by atoms with van der Waals surface area (Å²) in [5, 5.41) is 16.4. The molecule has 190 valence electrons. The molecule has 0 amide bonds. The lowest BCUT2D eigenvalue weighted by atomic mass is 10.1. The molecule has 0 unspecified atom stereocenters. The van der Waals surface area contributed by atoms with Crippen LogP contribution >= 0.6 is 0 Å². The van der Waals surface area contributed by atoms with Gasteiger partial charge in [-0.25, -0.2) is 9.36 Å². The number of aryl methyl sites for hydroxylation is 4. The zero-order valence-corrected chi connectivity index (χ0v) is 22.9. The van der Waals surface area contributed by atoms with Gasteiger partial charge in [-0.2, -0.15) is 0 Å². The Morgan fingerprint density at radius 2 is 0.939 bits per heavy atom. The molecule has 2 heterocycles. The predicted molar refractivity (Wildman–Crippen MR) is 139 cm³/mol. The Morgan fingerprint density at radius 3 is 1.36 bits per heavy atom. The van der Waals surface area contributed by atoms with Crippen LogP contribution < -0.4 is 0 Å². The molecular formula is C27H52N6. The SMILES string of the molecule is CC(C)CCCCn1nncc1CCC(C)C.CC(C)CCCn1nncc1CCC(C)C. The van der Waals surface area contributed by atoms with Crippen molar-refractivity contribution in [1.29, 1.82) is 0 Å². The van der Waals surface area contributed by atoms with Gasteiger partial charge in [0.05, 0.1) is 23.8 Å². The Hall–Kier alpha value is -1.72. The molecule has 0 aliphatic heterocycles. The van der Waals surface area contributed by atoms with Crippen LogP contribution in [0.1, 0.15) is 112 Å². The first kappa shape index (κ1) is 29.3. The summed E-state index contributed by atoms with van der Waals surface area (Å²) in [5.74, 6) is 3.09. The molecule has 0 N–H and O–H groups in total. The first-order chi connectivity index (χ1) is 15.7. The van der Waals surface area contributed by atoms with Gasteiger partial charge in [0.25, 0.3) is 0 Å². The second kappa shape index (κ2) is 16.8. The molecule has 2 rings (SSSR count). The van der Waals surface area contributed by atoms with Crippen molar-refractivity contribution in [2.24, 2.45) is 23.7 Å². The van der Waals surface area contributed by atoms with Gasteiger partial charge >= 0.3 is 0 Å². The van der Waals surface area contributed by atoms with Crippen LogP contribution in [0.3, 0.4) is 0 Å². The van der Waals surface area contributed by atoms with Crippen molar-refractivity contribution in [3.63, 3.8) is 0 Å². The third-order valence-electron chi connectivity index (χ3n) is 5.90. The smallest absolute Gasteiger partial charge is 0.0725 e. The molecule has 0 radical (unpaired) electrons. The fourth-order valence-corrected chi connectivity index (χ4v) is 3.66. The average molecular weight is 461 g/mol. The van der Waals surface area contributed by atoms with Crippen molar-refractivity contribution >= 4 is 0 Å². The summed E-state index contributed by atoms with van der Waals surface area (Å²) in [7, 11) is 0. The molecule has 0 aliphatic carbocycles. The summed E-state index contributed by atoms with van der Waals surface area (Å²) in [4.78, 5) is 0. The van der Waals surface area contributed by atoms with E-state index >= 15 is 0 Å². The van der Waals surface area contributed by atoms with E-state index in [1.807, 2.05) is 12.4 Å². The van der Waals surface area contributed by atoms with Crippen LogP contribution in [-0.2, 0) is 25.9 Å². The van der Waals surface area contributed by atoms with Gasteiger partial charge < -0.3 is 0 Å². The third-order valence-corrected chi connectivity index (χ3v) is 5.90. The summed E-state index contributed by atoms with van der Waals surface area (Å²) < 4.78 is 4.16. The van der Waals surface area contributed by atoms with Gasteiger partial charge in [0.1, 0.15) is 0 Å². The van der Waals surface area contributed by atoms with E-state index in [4.69, 9.17) is 0 Å². The fourth-order valence-electron chi connectivity index (χ4n) is 3.66. The summed E-state index contributed by atoms with van der Waals surface area (Å²) >= 11 is 0. The summed E-state index contributed by atoms with van der Waals surface area (Å²) in [6, 6.07) is 0. The third kappa shape index (κ3) is 14.2. The lowest BCUT2D eigenvalue weighted by molar-refractivity contribution is 0.466. The van der Waals surface area contributed by atoms with Gasteiger partial charge in [-0.3, -0.25) is 0 Å². The number of nitrogens with zero attached hydrogens (tertiary/aromatic N) is 6. The Labute approximate surface area is 203 Å². The van der Waals surface area contributed by atoms with Crippen LogP contribution in [0.15, 0.2) is 12.4 Å². The van der Waals surface area contributed by atoms with Crippen molar-refractivity contribution in [2.45, 2.75) is 126 Å². The highest BCUT2D eigenvalue weighted by Gasteiger charge is 2.06. The van der Waals surface area contributed by atoms with E-state index in [0.717, 1.165) is 49.6 Å². The first-order valence-electron chi connectivity index (χ1n) is 13.4. The maximum absolute atomic E-state index is 4.18. The Kier molecular flexibility index (Phi) is 14.9. The molecule has 2 aromatic heterocycles. The van der Waals surface area contributed by atoms with E-state index in [2.05, 4.69) is 85.4 Å². The minimum atomic E-state index is 0.749. The largest absolute Gasteiger partial charge is 0.249 e. The molecule has 0 saturated carbocycles. The quantitative estimate of drug-likeness (QED) is 0.269. The molecule has 0 atom stereocenters. The zero-order valence-electron chi connectivity index (χ0n) is 22.9. The summed E-state index contributed by atoms with van der Waals surface area (Å²) in [6.07, 6.45) is 14.8. The van der Waals surface area contributed by atoms with Gasteiger partial charge in [-0.15, -0.1) is 10.2 Å². The van der Waals surface area contributed by atoms with Gasteiger partial charge in [0.15, 0.2) is 0 Å². The maximum atomic E-state index is 4.18. The first-order valence-corrected chi connectivity index (χ1v) is 13.4. The Morgan fingerprint density at radius 1 is 0.545 bits per heavy atom. The molecule has 6 nitrogen and oxygen atoms in total. The van der Waals surface area contributed by atoms with E-state index < -0.39 is 0 Å². The van der Waals surface area contributed by atoms with Crippen molar-refractivity contribution < 1.29 is 0 Å². The molecule has 0 aromatic carbocycles. The van der Waals surface area contributed by atoms with Gasteiger partial charge in [0, 0.05) is 13.1 Å². The van der Waals surface area contributed by atoms with Crippen LogP contribution in [-0.4, -0.2) is 30.0 Å². The molecule has 0 spiro atoms. The zero-order chi connectivity index (χ0) is 24.6. The van der Waals surface area contributed by atoms with Crippen LogP contribution in [0.25, 0.3) is 0 Å². The second-order valence-corrected chi connectivity index (χ2v) is 11.2. The number of aromatic nitrogens is 6. The van der Waals surface area contributed by atoms with E-state index in [9.17, 15) is 0 Å². The van der Waals surface area contributed by atoms with E-state index in [1.54, 1.807) is 0 Å². The number of hydrogen-bond donors (Lipinski definition) is 0. The van der Waals surface area contributed by atoms with Crippen LogP contribution in [0.4, 0.5) is 0 Å². The maximum Gasteiger partial charge on any atom is 0.0725 e. The van der Waals surface area contributed by atoms with Gasteiger partial charge in [-0.1, -0.05) is 78.7 Å². The molecule has 2 aromatic rings. The van der Waals surface area contributed by atoms with E-state index in [-0.39, 0.29) is 0 Å². The number of unbranched alkanes of at least 4 members (excludes halogenated alkanes) is 1. The highest BCUT2D eigenvalue weighted by molar-refractivity contribution is 4.94. The normalized spacial score (nSPS) is 11.6. The van der Waals surface area contributed by atoms with Gasteiger partial charge in [0.2, 0.25) is 0 Å². The highest BCUT2D eigenvalue weighted by atomic mass is 15.4. The number of hydrogen-bond acceptors (Lipinski definition) is 4. The monoisotopic (exact) mass is 460 g/mol. The summed E-state index contributed by atoms with van der Waals surface area (Å²) in [6.45, 7) is 20.2. The molecule has 33 heavy (non-hydrogen) atoms. The highest BCUT2D eigenvalue weighted by Crippen LogP contribution is 2.12. The van der Waals surface area contributed by atoms with Crippen molar-refractivity contribution in [3.8, 4) is 0 Å². The lowest BCUT2D eigenvalue weighted by Gasteiger charge is -2.08. The standard InChI is InChI=1S/C14H27N3.C13H25N3/c1-12(2)7-5-6-10-17-14(11-15-16-17)9-8-13(3)4;1-11(2)6-5-9-16-13(10-14-15-16)8-7-12(3)4/h11-13H,5-10H2,1-4H3;10-12H,5-9H2,1-4H3. The minimum absolute atomic E-state index is 0.749. The van der Waals surface area contributed by atoms with Gasteiger partial charge in [-0.05, 0) is 68.6 Å². The molecule has 6 heteroatoms. The molecule has 0 fully saturated rings. The van der Waals surface area contributed by atoms with Crippen LogP contribution in [0.5, 0.6) is 0 Å². The molecule has 0 bridgehead atoms. The molecule has 0 aliphatic rings. The molecule has 0 saturated heterocycles. The van der Waals surface area contributed by atoms with Crippen LogP contribution in [0.2, 0.25) is 0 Å².